The third-order valence-corrected chi connectivity index (χ3v) is 5.36. The first-order chi connectivity index (χ1) is 9.54. The van der Waals surface area contributed by atoms with Gasteiger partial charge in [-0.1, -0.05) is 13.3 Å². The minimum absolute atomic E-state index is 0.132. The van der Waals surface area contributed by atoms with Crippen molar-refractivity contribution in [2.24, 2.45) is 17.8 Å². The van der Waals surface area contributed by atoms with Gasteiger partial charge in [0.1, 0.15) is 0 Å². The van der Waals surface area contributed by atoms with Gasteiger partial charge in [-0.2, -0.15) is 0 Å². The van der Waals surface area contributed by atoms with Crippen LogP contribution in [0.3, 0.4) is 0 Å². The molecule has 1 aliphatic heterocycles. The highest BCUT2D eigenvalue weighted by Crippen LogP contribution is 2.34. The maximum absolute atomic E-state index is 12.7. The molecule has 2 aliphatic rings. The van der Waals surface area contributed by atoms with Crippen molar-refractivity contribution >= 4 is 11.9 Å². The van der Waals surface area contributed by atoms with Gasteiger partial charge in [0.25, 0.3) is 0 Å². The van der Waals surface area contributed by atoms with Crippen molar-refractivity contribution in [3.63, 3.8) is 0 Å². The van der Waals surface area contributed by atoms with Gasteiger partial charge in [-0.25, -0.2) is 0 Å². The van der Waals surface area contributed by atoms with Gasteiger partial charge in [-0.05, 0) is 51.4 Å². The molecule has 2 rings (SSSR count). The summed E-state index contributed by atoms with van der Waals surface area (Å²) in [6.07, 6.45) is 6.99. The molecule has 0 spiro atoms. The number of rotatable bonds is 3. The van der Waals surface area contributed by atoms with Crippen LogP contribution in [0.15, 0.2) is 0 Å². The van der Waals surface area contributed by atoms with E-state index in [1.807, 2.05) is 11.8 Å². The highest BCUT2D eigenvalue weighted by Gasteiger charge is 2.38. The van der Waals surface area contributed by atoms with Crippen molar-refractivity contribution in [3.8, 4) is 0 Å². The Bertz CT molecular complexity index is 361. The predicted octanol–water partition coefficient (Wildman–Crippen LogP) is 2.91. The Morgan fingerprint density at radius 2 is 1.80 bits per heavy atom. The van der Waals surface area contributed by atoms with Crippen LogP contribution in [0, 0.1) is 17.8 Å². The molecule has 2 fully saturated rings. The van der Waals surface area contributed by atoms with Crippen molar-refractivity contribution in [1.29, 1.82) is 0 Å². The zero-order valence-electron chi connectivity index (χ0n) is 12.7. The number of amides is 1. The van der Waals surface area contributed by atoms with Crippen LogP contribution in [0.25, 0.3) is 0 Å². The fraction of sp³-hybridized carbons (Fsp3) is 0.875. The molecule has 0 aromatic heterocycles. The van der Waals surface area contributed by atoms with Crippen molar-refractivity contribution in [1.82, 2.24) is 4.90 Å². The second kappa shape index (κ2) is 6.59. The maximum Gasteiger partial charge on any atom is 0.308 e. The predicted molar refractivity (Wildman–Crippen MR) is 77.3 cm³/mol. The van der Waals surface area contributed by atoms with Crippen molar-refractivity contribution < 1.29 is 14.7 Å². The summed E-state index contributed by atoms with van der Waals surface area (Å²) >= 11 is 0. The highest BCUT2D eigenvalue weighted by atomic mass is 16.4. The number of carbonyl (C=O) groups excluding carboxylic acids is 1. The monoisotopic (exact) mass is 281 g/mol. The van der Waals surface area contributed by atoms with E-state index in [1.165, 1.54) is 6.42 Å². The quantitative estimate of drug-likeness (QED) is 0.865. The average Bonchev–Trinajstić information content (AvgIpc) is 2.46. The molecule has 1 saturated carbocycles. The third kappa shape index (κ3) is 3.15. The number of likely N-dealkylation sites (tertiary alicyclic amines) is 1. The molecule has 1 aliphatic carbocycles. The Labute approximate surface area is 121 Å². The first kappa shape index (κ1) is 15.3. The van der Waals surface area contributed by atoms with Gasteiger partial charge >= 0.3 is 5.97 Å². The lowest BCUT2D eigenvalue weighted by Crippen LogP contribution is -2.51. The number of hydrogen-bond acceptors (Lipinski definition) is 2. The smallest absolute Gasteiger partial charge is 0.308 e. The molecule has 0 unspecified atom stereocenters. The molecule has 20 heavy (non-hydrogen) atoms. The Balaban J connectivity index is 1.96. The Hall–Kier alpha value is -1.06. The van der Waals surface area contributed by atoms with Gasteiger partial charge in [-0.15, -0.1) is 0 Å². The summed E-state index contributed by atoms with van der Waals surface area (Å²) in [4.78, 5) is 25.8. The molecule has 0 radical (unpaired) electrons. The molecule has 0 aromatic rings. The average molecular weight is 281 g/mol. The Morgan fingerprint density at radius 1 is 1.15 bits per heavy atom. The zero-order chi connectivity index (χ0) is 14.7. The molecule has 0 aromatic carbocycles. The number of piperidine rings is 1. The van der Waals surface area contributed by atoms with E-state index in [9.17, 15) is 14.7 Å². The molecule has 0 bridgehead atoms. The van der Waals surface area contributed by atoms with E-state index in [0.29, 0.717) is 6.42 Å². The first-order valence-electron chi connectivity index (χ1n) is 8.07. The number of carboxylic acid groups (broad SMARTS) is 1. The summed E-state index contributed by atoms with van der Waals surface area (Å²) in [7, 11) is 0. The molecule has 4 nitrogen and oxygen atoms in total. The van der Waals surface area contributed by atoms with Crippen LogP contribution in [0.4, 0.5) is 0 Å². The van der Waals surface area contributed by atoms with Gasteiger partial charge in [-0.3, -0.25) is 9.59 Å². The SMILES string of the molecule is CCC1CCC(C(=O)N2CCC[C@H](C(=O)O)[C@@H]2C)CC1. The van der Waals surface area contributed by atoms with E-state index in [-0.39, 0.29) is 23.8 Å². The number of carbonyl (C=O) groups is 2. The topological polar surface area (TPSA) is 57.6 Å². The van der Waals surface area contributed by atoms with Gasteiger partial charge in [0.05, 0.1) is 5.92 Å². The highest BCUT2D eigenvalue weighted by molar-refractivity contribution is 5.80. The lowest BCUT2D eigenvalue weighted by Gasteiger charge is -2.40. The minimum Gasteiger partial charge on any atom is -0.481 e. The lowest BCUT2D eigenvalue weighted by atomic mass is 9.79. The second-order valence-corrected chi connectivity index (χ2v) is 6.49. The van der Waals surface area contributed by atoms with Crippen LogP contribution >= 0.6 is 0 Å². The molecular weight excluding hydrogens is 254 g/mol. The van der Waals surface area contributed by atoms with Gasteiger partial charge in [0, 0.05) is 18.5 Å². The molecule has 4 heteroatoms. The Morgan fingerprint density at radius 3 is 2.35 bits per heavy atom. The molecule has 1 N–H and O–H groups in total. The molecule has 2 atom stereocenters. The van der Waals surface area contributed by atoms with E-state index in [2.05, 4.69) is 6.92 Å². The second-order valence-electron chi connectivity index (χ2n) is 6.49. The van der Waals surface area contributed by atoms with E-state index in [4.69, 9.17) is 0 Å². The van der Waals surface area contributed by atoms with Crippen LogP contribution in [-0.4, -0.2) is 34.5 Å². The summed E-state index contributed by atoms with van der Waals surface area (Å²) in [5, 5.41) is 9.25. The van der Waals surface area contributed by atoms with Crippen LogP contribution in [0.2, 0.25) is 0 Å². The first-order valence-corrected chi connectivity index (χ1v) is 8.07. The zero-order valence-corrected chi connectivity index (χ0v) is 12.7. The van der Waals surface area contributed by atoms with Crippen molar-refractivity contribution in [2.75, 3.05) is 6.54 Å². The molecule has 1 saturated heterocycles. The summed E-state index contributed by atoms with van der Waals surface area (Å²) in [5.41, 5.74) is 0. The van der Waals surface area contributed by atoms with E-state index < -0.39 is 5.97 Å². The van der Waals surface area contributed by atoms with E-state index >= 15 is 0 Å². The molecule has 1 amide bonds. The molecule has 114 valence electrons. The molecular formula is C16H27NO3. The van der Waals surface area contributed by atoms with Crippen LogP contribution in [-0.2, 0) is 9.59 Å². The maximum atomic E-state index is 12.7. The molecule has 1 heterocycles. The van der Waals surface area contributed by atoms with E-state index in [0.717, 1.165) is 44.6 Å². The van der Waals surface area contributed by atoms with Gasteiger partial charge in [0.15, 0.2) is 0 Å². The fourth-order valence-electron chi connectivity index (χ4n) is 3.84. The van der Waals surface area contributed by atoms with Crippen LogP contribution < -0.4 is 0 Å². The Kier molecular flexibility index (Phi) is 5.06. The summed E-state index contributed by atoms with van der Waals surface area (Å²) < 4.78 is 0. The standard InChI is InChI=1S/C16H27NO3/c1-3-12-6-8-13(9-7-12)15(18)17-10-4-5-14(11(17)2)16(19)20/h11-14H,3-10H2,1-2H3,(H,19,20)/t11-,12?,13?,14-/m0/s1. The third-order valence-electron chi connectivity index (χ3n) is 5.36. The number of aliphatic carboxylic acids is 1. The largest absolute Gasteiger partial charge is 0.481 e. The number of hydrogen-bond donors (Lipinski definition) is 1. The van der Waals surface area contributed by atoms with Crippen molar-refractivity contribution in [3.05, 3.63) is 0 Å². The number of carboxylic acids is 1. The minimum atomic E-state index is -0.760. The number of nitrogens with zero attached hydrogens (tertiary/aromatic N) is 1. The fourth-order valence-corrected chi connectivity index (χ4v) is 3.84. The van der Waals surface area contributed by atoms with Gasteiger partial charge in [0.2, 0.25) is 5.91 Å². The van der Waals surface area contributed by atoms with E-state index in [1.54, 1.807) is 0 Å². The van der Waals surface area contributed by atoms with Gasteiger partial charge < -0.3 is 10.0 Å². The van der Waals surface area contributed by atoms with Crippen molar-refractivity contribution in [2.45, 2.75) is 64.8 Å². The summed E-state index contributed by atoms with van der Waals surface area (Å²) in [5.74, 6) is -0.0280. The summed E-state index contributed by atoms with van der Waals surface area (Å²) in [6.45, 7) is 4.85. The lowest BCUT2D eigenvalue weighted by molar-refractivity contribution is -0.151. The van der Waals surface area contributed by atoms with Crippen LogP contribution in [0.5, 0.6) is 0 Å². The van der Waals surface area contributed by atoms with Crippen LogP contribution in [0.1, 0.15) is 58.8 Å². The summed E-state index contributed by atoms with van der Waals surface area (Å²) in [6, 6.07) is -0.155. The normalized spacial score (nSPS) is 34.8.